The Morgan fingerprint density at radius 2 is 1.90 bits per heavy atom. The van der Waals surface area contributed by atoms with Gasteiger partial charge in [0.15, 0.2) is 5.79 Å². The number of aliphatic hydroxyl groups is 1. The first-order valence-electron chi connectivity index (χ1n) is 9.95. The zero-order chi connectivity index (χ0) is 21.3. The fourth-order valence-electron chi connectivity index (χ4n) is 3.90. The van der Waals surface area contributed by atoms with Gasteiger partial charge in [-0.25, -0.2) is 9.18 Å². The molecule has 1 fully saturated rings. The predicted octanol–water partition coefficient (Wildman–Crippen LogP) is 4.39. The second kappa shape index (κ2) is 8.38. The van der Waals surface area contributed by atoms with Crippen LogP contribution in [0.15, 0.2) is 30.1 Å². The highest BCUT2D eigenvalue weighted by Crippen LogP contribution is 2.34. The zero-order valence-electron chi connectivity index (χ0n) is 17.6. The van der Waals surface area contributed by atoms with Crippen LogP contribution < -0.4 is 0 Å². The van der Waals surface area contributed by atoms with Crippen LogP contribution in [0.1, 0.15) is 60.7 Å². The Kier molecular flexibility index (Phi) is 6.27. The van der Waals surface area contributed by atoms with Gasteiger partial charge in [0.2, 0.25) is 0 Å². The number of carbonyl (C=O) groups is 1. The molecule has 158 valence electrons. The molecule has 5 nitrogen and oxygen atoms in total. The standard InChI is InChI=1S/C23H29FO5/c1-13-11-14(2)19-16(12-13)7-6-8-18-21(29-23(4,5)28-18)20(25)17(24)10-9-15(3)27-22(19)26/h6-7,10-12,15,18,20-21,25H,8-9H2,1-5H3/b7-6+,17-10+/t15?,18-,20?,21?/m0/s1. The lowest BCUT2D eigenvalue weighted by atomic mass is 9.97. The third kappa shape index (κ3) is 4.94. The number of rotatable bonds is 0. The molecule has 6 heteroatoms. The van der Waals surface area contributed by atoms with Crippen LogP contribution in [-0.2, 0) is 14.2 Å². The predicted molar refractivity (Wildman–Crippen MR) is 108 cm³/mol. The van der Waals surface area contributed by atoms with Crippen molar-refractivity contribution < 1.29 is 28.5 Å². The highest BCUT2D eigenvalue weighted by Gasteiger charge is 2.45. The number of ether oxygens (including phenoxy) is 3. The van der Waals surface area contributed by atoms with Crippen LogP contribution in [-0.4, -0.2) is 41.3 Å². The Bertz CT molecular complexity index is 842. The molecular formula is C23H29FO5. The number of esters is 1. The van der Waals surface area contributed by atoms with E-state index < -0.39 is 42.0 Å². The number of halogens is 1. The molecule has 0 aromatic heterocycles. The van der Waals surface area contributed by atoms with E-state index in [2.05, 4.69) is 0 Å². The molecule has 3 unspecified atom stereocenters. The fraction of sp³-hybridized carbons (Fsp3) is 0.522. The number of aryl methyl sites for hydroxylation is 2. The van der Waals surface area contributed by atoms with Gasteiger partial charge in [-0.2, -0.15) is 0 Å². The van der Waals surface area contributed by atoms with Gasteiger partial charge in [0, 0.05) is 6.42 Å². The molecule has 29 heavy (non-hydrogen) atoms. The van der Waals surface area contributed by atoms with Crippen LogP contribution in [0.3, 0.4) is 0 Å². The number of hydrogen-bond acceptors (Lipinski definition) is 5. The van der Waals surface area contributed by atoms with Gasteiger partial charge in [-0.1, -0.05) is 29.8 Å². The lowest BCUT2D eigenvalue weighted by molar-refractivity contribution is -0.153. The van der Waals surface area contributed by atoms with Crippen molar-refractivity contribution in [1.82, 2.24) is 0 Å². The highest BCUT2D eigenvalue weighted by molar-refractivity contribution is 5.95. The Hall–Kier alpha value is -2.02. The van der Waals surface area contributed by atoms with E-state index in [1.807, 2.05) is 38.1 Å². The van der Waals surface area contributed by atoms with Gasteiger partial charge in [-0.05, 0) is 58.2 Å². The van der Waals surface area contributed by atoms with Gasteiger partial charge in [0.05, 0.1) is 11.7 Å². The first-order chi connectivity index (χ1) is 13.6. The Balaban J connectivity index is 2.01. The summed E-state index contributed by atoms with van der Waals surface area (Å²) in [5.74, 6) is -2.08. The minimum atomic E-state index is -1.45. The summed E-state index contributed by atoms with van der Waals surface area (Å²) >= 11 is 0. The van der Waals surface area contributed by atoms with Crippen molar-refractivity contribution >= 4 is 12.0 Å². The molecule has 1 aromatic rings. The van der Waals surface area contributed by atoms with E-state index >= 15 is 0 Å². The van der Waals surface area contributed by atoms with Crippen LogP contribution in [0.5, 0.6) is 0 Å². The monoisotopic (exact) mass is 404 g/mol. The maximum atomic E-state index is 14.6. The maximum Gasteiger partial charge on any atom is 0.339 e. The van der Waals surface area contributed by atoms with E-state index in [1.54, 1.807) is 20.8 Å². The number of aliphatic hydroxyl groups excluding tert-OH is 1. The fourth-order valence-corrected chi connectivity index (χ4v) is 3.90. The maximum absolute atomic E-state index is 14.6. The van der Waals surface area contributed by atoms with E-state index in [-0.39, 0.29) is 6.42 Å². The molecular weight excluding hydrogens is 375 g/mol. The number of fused-ring (bicyclic) bond motifs is 2. The van der Waals surface area contributed by atoms with E-state index in [1.165, 1.54) is 6.08 Å². The Morgan fingerprint density at radius 1 is 1.17 bits per heavy atom. The molecule has 0 saturated carbocycles. The lowest BCUT2D eigenvalue weighted by Gasteiger charge is -2.22. The first-order valence-corrected chi connectivity index (χ1v) is 9.95. The van der Waals surface area contributed by atoms with Gasteiger partial charge in [0.25, 0.3) is 0 Å². The minimum Gasteiger partial charge on any atom is -0.459 e. The lowest BCUT2D eigenvalue weighted by Crippen LogP contribution is -2.36. The normalized spacial score (nSPS) is 32.9. The van der Waals surface area contributed by atoms with Crippen molar-refractivity contribution in [3.8, 4) is 0 Å². The molecule has 2 heterocycles. The molecule has 3 rings (SSSR count). The van der Waals surface area contributed by atoms with Gasteiger partial charge < -0.3 is 19.3 Å². The second-order valence-electron chi connectivity index (χ2n) is 8.31. The van der Waals surface area contributed by atoms with Crippen molar-refractivity contribution in [2.24, 2.45) is 0 Å². The number of carbonyl (C=O) groups excluding carboxylic acids is 1. The molecule has 1 aromatic carbocycles. The van der Waals surface area contributed by atoms with Crippen LogP contribution >= 0.6 is 0 Å². The van der Waals surface area contributed by atoms with Crippen LogP contribution in [0, 0.1) is 13.8 Å². The summed E-state index contributed by atoms with van der Waals surface area (Å²) in [6.07, 6.45) is 2.16. The summed E-state index contributed by atoms with van der Waals surface area (Å²) in [6.45, 7) is 9.01. The molecule has 0 spiro atoms. The van der Waals surface area contributed by atoms with Gasteiger partial charge in [0.1, 0.15) is 24.1 Å². The van der Waals surface area contributed by atoms with Crippen molar-refractivity contribution in [3.05, 3.63) is 52.4 Å². The Labute approximate surface area is 171 Å². The van der Waals surface area contributed by atoms with Gasteiger partial charge in [-0.15, -0.1) is 0 Å². The molecule has 1 N–H and O–H groups in total. The summed E-state index contributed by atoms with van der Waals surface area (Å²) in [5, 5.41) is 10.5. The molecule has 4 atom stereocenters. The molecule has 0 radical (unpaired) electrons. The van der Waals surface area contributed by atoms with E-state index in [0.717, 1.165) is 16.7 Å². The number of hydrogen-bond donors (Lipinski definition) is 1. The molecule has 0 aliphatic carbocycles. The number of benzene rings is 1. The van der Waals surface area contributed by atoms with Gasteiger partial charge >= 0.3 is 5.97 Å². The van der Waals surface area contributed by atoms with Crippen molar-refractivity contribution in [3.63, 3.8) is 0 Å². The Morgan fingerprint density at radius 3 is 2.62 bits per heavy atom. The minimum absolute atomic E-state index is 0.145. The summed E-state index contributed by atoms with van der Waals surface area (Å²) in [4.78, 5) is 12.8. The van der Waals surface area contributed by atoms with Crippen LogP contribution in [0.4, 0.5) is 4.39 Å². The van der Waals surface area contributed by atoms with E-state index in [4.69, 9.17) is 14.2 Å². The third-order valence-electron chi connectivity index (χ3n) is 5.15. The smallest absolute Gasteiger partial charge is 0.339 e. The van der Waals surface area contributed by atoms with Crippen molar-refractivity contribution in [1.29, 1.82) is 0 Å². The number of cyclic esters (lactones) is 1. The SMILES string of the molecule is Cc1cc(C)c2c(c1)/C=C/C[C@@H]1OC(C)(C)OC1C(O)/C(F)=C\CC(C)OC2=O. The van der Waals surface area contributed by atoms with Crippen LogP contribution in [0.25, 0.3) is 6.08 Å². The van der Waals surface area contributed by atoms with Crippen molar-refractivity contribution in [2.75, 3.05) is 0 Å². The first kappa shape index (κ1) is 21.7. The molecule has 2 aliphatic heterocycles. The third-order valence-corrected chi connectivity index (χ3v) is 5.15. The largest absolute Gasteiger partial charge is 0.459 e. The zero-order valence-corrected chi connectivity index (χ0v) is 17.6. The highest BCUT2D eigenvalue weighted by atomic mass is 19.1. The van der Waals surface area contributed by atoms with E-state index in [9.17, 15) is 14.3 Å². The summed E-state index contributed by atoms with van der Waals surface area (Å²) in [5.41, 5.74) is 3.12. The summed E-state index contributed by atoms with van der Waals surface area (Å²) < 4.78 is 31.8. The second-order valence-corrected chi connectivity index (χ2v) is 8.31. The quantitative estimate of drug-likeness (QED) is 0.650. The van der Waals surface area contributed by atoms with Gasteiger partial charge in [-0.3, -0.25) is 0 Å². The molecule has 2 aliphatic rings. The average molecular weight is 404 g/mol. The van der Waals surface area contributed by atoms with Crippen LogP contribution in [0.2, 0.25) is 0 Å². The molecule has 0 bridgehead atoms. The van der Waals surface area contributed by atoms with Crippen molar-refractivity contribution in [2.45, 2.75) is 77.7 Å². The summed E-state index contributed by atoms with van der Waals surface area (Å²) in [7, 11) is 0. The average Bonchev–Trinajstić information content (AvgIpc) is 2.92. The topological polar surface area (TPSA) is 65.0 Å². The molecule has 1 saturated heterocycles. The molecule has 0 amide bonds. The van der Waals surface area contributed by atoms with E-state index in [0.29, 0.717) is 12.0 Å². The summed E-state index contributed by atoms with van der Waals surface area (Å²) in [6, 6.07) is 3.86.